The maximum Gasteiger partial charge on any atom is 0.246 e. The molecule has 2 heterocycles. The number of pyridine rings is 1. The van der Waals surface area contributed by atoms with E-state index in [1.54, 1.807) is 54.4 Å². The number of likely N-dealkylation sites (N-methyl/N-ethyl adjacent to an activating group) is 1. The Morgan fingerprint density at radius 3 is 2.45 bits per heavy atom. The van der Waals surface area contributed by atoms with E-state index in [2.05, 4.69) is 15.6 Å². The van der Waals surface area contributed by atoms with Gasteiger partial charge >= 0.3 is 0 Å². The number of benzene rings is 3. The van der Waals surface area contributed by atoms with E-state index in [0.29, 0.717) is 53.6 Å². The van der Waals surface area contributed by atoms with Crippen LogP contribution in [-0.4, -0.2) is 60.2 Å². The third-order valence-corrected chi connectivity index (χ3v) is 9.20. The van der Waals surface area contributed by atoms with Crippen LogP contribution in [0.1, 0.15) is 36.6 Å². The summed E-state index contributed by atoms with van der Waals surface area (Å²) in [4.78, 5) is 57.4. The first kappa shape index (κ1) is 35.4. The standard InChI is InChI=1S/C37H37Cl2N5O5/c1-23-7-11-26-5-4-6-32(36(26)41-23)49-22-29-30(38)14-15-31(35(29)39)43(3)34(47)21-40-33(46)16-10-25-8-12-28(13-9-25)42-37(48)27-17-19-44(20-18-27)24(2)45/h4-16,27H,17-22H2,1-3H3,(H,40,46)(H,42,48)/b16-10+. The fourth-order valence-corrected chi connectivity index (χ4v) is 6.09. The molecule has 254 valence electrons. The summed E-state index contributed by atoms with van der Waals surface area (Å²) >= 11 is 13.2. The predicted octanol–water partition coefficient (Wildman–Crippen LogP) is 6.42. The van der Waals surface area contributed by atoms with Crippen molar-refractivity contribution < 1.29 is 23.9 Å². The monoisotopic (exact) mass is 701 g/mol. The van der Waals surface area contributed by atoms with Gasteiger partial charge in [0.05, 0.1) is 17.3 Å². The van der Waals surface area contributed by atoms with Gasteiger partial charge in [0.25, 0.3) is 0 Å². The Balaban J connectivity index is 1.12. The number of piperidine rings is 1. The third-order valence-electron chi connectivity index (χ3n) is 8.43. The molecule has 0 atom stereocenters. The van der Waals surface area contributed by atoms with Gasteiger partial charge in [0.1, 0.15) is 17.9 Å². The molecule has 3 aromatic carbocycles. The van der Waals surface area contributed by atoms with Crippen LogP contribution in [0.2, 0.25) is 10.0 Å². The van der Waals surface area contributed by atoms with Crippen molar-refractivity contribution in [3.05, 3.63) is 99.7 Å². The number of ether oxygens (including phenoxy) is 1. The Hall–Kier alpha value is -4.93. The number of carbonyl (C=O) groups is 4. The SMILES string of the molecule is CC(=O)N1CCC(C(=O)Nc2ccc(/C=C/C(=O)NCC(=O)N(C)c3ccc(Cl)c(COc4cccc5ccc(C)nc45)c3Cl)cc2)CC1. The number of aromatic nitrogens is 1. The van der Waals surface area contributed by atoms with Crippen LogP contribution >= 0.6 is 23.2 Å². The fourth-order valence-electron chi connectivity index (χ4n) is 5.49. The molecule has 4 amide bonds. The van der Waals surface area contributed by atoms with Gasteiger partial charge in [-0.15, -0.1) is 0 Å². The Labute approximate surface area is 295 Å². The summed E-state index contributed by atoms with van der Waals surface area (Å²) in [6.45, 7) is 4.40. The van der Waals surface area contributed by atoms with Gasteiger partial charge in [-0.05, 0) is 67.8 Å². The molecular weight excluding hydrogens is 665 g/mol. The number of halogens is 2. The molecule has 5 rings (SSSR count). The van der Waals surface area contributed by atoms with Crippen LogP contribution in [0.3, 0.4) is 0 Å². The number of anilines is 2. The highest BCUT2D eigenvalue weighted by Gasteiger charge is 2.26. The van der Waals surface area contributed by atoms with Crippen molar-refractivity contribution in [2.45, 2.75) is 33.3 Å². The lowest BCUT2D eigenvalue weighted by molar-refractivity contribution is -0.132. The van der Waals surface area contributed by atoms with E-state index in [1.807, 2.05) is 37.3 Å². The van der Waals surface area contributed by atoms with Crippen LogP contribution in [0.15, 0.2) is 72.8 Å². The number of rotatable bonds is 10. The highest BCUT2D eigenvalue weighted by Crippen LogP contribution is 2.35. The summed E-state index contributed by atoms with van der Waals surface area (Å²) in [7, 11) is 1.57. The van der Waals surface area contributed by atoms with Crippen molar-refractivity contribution in [1.82, 2.24) is 15.2 Å². The van der Waals surface area contributed by atoms with E-state index in [-0.39, 0.29) is 35.9 Å². The first-order chi connectivity index (χ1) is 23.5. The first-order valence-corrected chi connectivity index (χ1v) is 16.6. The van der Waals surface area contributed by atoms with Crippen LogP contribution in [0.4, 0.5) is 11.4 Å². The highest BCUT2D eigenvalue weighted by atomic mass is 35.5. The van der Waals surface area contributed by atoms with Crippen molar-refractivity contribution in [3.63, 3.8) is 0 Å². The van der Waals surface area contributed by atoms with Crippen molar-refractivity contribution in [2.75, 3.05) is 36.9 Å². The Kier molecular flexibility index (Phi) is 11.5. The van der Waals surface area contributed by atoms with Crippen LogP contribution in [0.25, 0.3) is 17.0 Å². The summed E-state index contributed by atoms with van der Waals surface area (Å²) in [5.74, 6) is -0.445. The Morgan fingerprint density at radius 1 is 1.00 bits per heavy atom. The van der Waals surface area contributed by atoms with Gasteiger partial charge in [-0.25, -0.2) is 4.98 Å². The van der Waals surface area contributed by atoms with Gasteiger partial charge in [-0.2, -0.15) is 0 Å². The molecule has 1 fully saturated rings. The Morgan fingerprint density at radius 2 is 1.73 bits per heavy atom. The molecule has 1 aliphatic heterocycles. The lowest BCUT2D eigenvalue weighted by atomic mass is 9.96. The van der Waals surface area contributed by atoms with Crippen molar-refractivity contribution in [1.29, 1.82) is 0 Å². The van der Waals surface area contributed by atoms with Gasteiger partial charge < -0.3 is 25.2 Å². The second-order valence-electron chi connectivity index (χ2n) is 11.8. The smallest absolute Gasteiger partial charge is 0.246 e. The van der Waals surface area contributed by atoms with Gasteiger partial charge in [-0.1, -0.05) is 53.5 Å². The normalized spacial score (nSPS) is 13.4. The number of likely N-dealkylation sites (tertiary alicyclic amines) is 1. The zero-order valence-corrected chi connectivity index (χ0v) is 29.0. The molecule has 12 heteroatoms. The predicted molar refractivity (Wildman–Crippen MR) is 193 cm³/mol. The molecule has 10 nitrogen and oxygen atoms in total. The van der Waals surface area contributed by atoms with Gasteiger partial charge in [0, 0.05) is 66.4 Å². The minimum atomic E-state index is -0.453. The van der Waals surface area contributed by atoms with Crippen molar-refractivity contribution in [2.24, 2.45) is 5.92 Å². The van der Waals surface area contributed by atoms with E-state index >= 15 is 0 Å². The van der Waals surface area contributed by atoms with Crippen molar-refractivity contribution in [3.8, 4) is 5.75 Å². The number of amides is 4. The zero-order valence-electron chi connectivity index (χ0n) is 27.5. The fraction of sp³-hybridized carbons (Fsp3) is 0.270. The topological polar surface area (TPSA) is 121 Å². The number of hydrogen-bond acceptors (Lipinski definition) is 6. The summed E-state index contributed by atoms with van der Waals surface area (Å²) < 4.78 is 6.09. The molecule has 1 aliphatic rings. The van der Waals surface area contributed by atoms with Crippen LogP contribution in [0.5, 0.6) is 5.75 Å². The number of nitrogens with one attached hydrogen (secondary N) is 2. The molecule has 0 unspecified atom stereocenters. The summed E-state index contributed by atoms with van der Waals surface area (Å²) in [5, 5.41) is 7.11. The van der Waals surface area contributed by atoms with Crippen LogP contribution in [0, 0.1) is 12.8 Å². The molecule has 0 radical (unpaired) electrons. The van der Waals surface area contributed by atoms with E-state index in [9.17, 15) is 19.2 Å². The quantitative estimate of drug-likeness (QED) is 0.184. The number of nitrogens with zero attached hydrogens (tertiary/aromatic N) is 3. The van der Waals surface area contributed by atoms with Gasteiger partial charge in [0.15, 0.2) is 0 Å². The summed E-state index contributed by atoms with van der Waals surface area (Å²) in [6, 6.07) is 19.9. The van der Waals surface area contributed by atoms with Crippen LogP contribution in [-0.2, 0) is 25.8 Å². The number of para-hydroxylation sites is 1. The highest BCUT2D eigenvalue weighted by molar-refractivity contribution is 6.38. The van der Waals surface area contributed by atoms with E-state index in [1.165, 1.54) is 17.9 Å². The molecular formula is C37H37Cl2N5O5. The lowest BCUT2D eigenvalue weighted by Crippen LogP contribution is -2.40. The lowest BCUT2D eigenvalue weighted by Gasteiger charge is -2.30. The number of fused-ring (bicyclic) bond motifs is 1. The number of aryl methyl sites for hydroxylation is 1. The summed E-state index contributed by atoms with van der Waals surface area (Å²) in [5.41, 5.74) is 3.90. The average molecular weight is 703 g/mol. The molecule has 4 aromatic rings. The Bertz CT molecular complexity index is 1910. The van der Waals surface area contributed by atoms with E-state index in [4.69, 9.17) is 27.9 Å². The molecule has 1 aromatic heterocycles. The third kappa shape index (κ3) is 8.95. The molecule has 1 saturated heterocycles. The van der Waals surface area contributed by atoms with Crippen molar-refractivity contribution >= 4 is 75.2 Å². The molecule has 0 spiro atoms. The molecule has 2 N–H and O–H groups in total. The minimum Gasteiger partial charge on any atom is -0.487 e. The van der Waals surface area contributed by atoms with Crippen LogP contribution < -0.4 is 20.3 Å². The summed E-state index contributed by atoms with van der Waals surface area (Å²) in [6.07, 6.45) is 4.21. The van der Waals surface area contributed by atoms with Gasteiger partial charge in [-0.3, -0.25) is 19.2 Å². The molecule has 0 bridgehead atoms. The average Bonchev–Trinajstić information content (AvgIpc) is 3.10. The maximum atomic E-state index is 13.0. The second-order valence-corrected chi connectivity index (χ2v) is 12.6. The van der Waals surface area contributed by atoms with E-state index in [0.717, 1.165) is 22.2 Å². The number of hydrogen-bond donors (Lipinski definition) is 2. The first-order valence-electron chi connectivity index (χ1n) is 15.8. The zero-order chi connectivity index (χ0) is 35.1. The minimum absolute atomic E-state index is 0.0280. The number of carbonyl (C=O) groups excluding carboxylic acids is 4. The molecule has 0 aliphatic carbocycles. The van der Waals surface area contributed by atoms with Gasteiger partial charge in [0.2, 0.25) is 23.6 Å². The maximum absolute atomic E-state index is 13.0. The second kappa shape index (κ2) is 16.0. The molecule has 49 heavy (non-hydrogen) atoms. The molecule has 0 saturated carbocycles. The largest absolute Gasteiger partial charge is 0.487 e. The van der Waals surface area contributed by atoms with E-state index < -0.39 is 11.8 Å².